The van der Waals surface area contributed by atoms with Crippen molar-refractivity contribution in [1.29, 1.82) is 0 Å². The zero-order chi connectivity index (χ0) is 17.1. The molecule has 1 saturated heterocycles. The first-order valence-electron chi connectivity index (χ1n) is 8.14. The summed E-state index contributed by atoms with van der Waals surface area (Å²) in [7, 11) is 1.74. The van der Waals surface area contributed by atoms with Crippen molar-refractivity contribution in [3.8, 4) is 0 Å². The number of amides is 1. The van der Waals surface area contributed by atoms with E-state index in [1.165, 1.54) is 0 Å². The highest BCUT2D eigenvalue weighted by atomic mass is 32.1. The maximum atomic E-state index is 12.9. The van der Waals surface area contributed by atoms with Crippen LogP contribution in [0.25, 0.3) is 0 Å². The Morgan fingerprint density at radius 3 is 3.08 bits per heavy atom. The smallest absolute Gasteiger partial charge is 0.272 e. The van der Waals surface area contributed by atoms with Gasteiger partial charge in [-0.2, -0.15) is 0 Å². The summed E-state index contributed by atoms with van der Waals surface area (Å²) in [5, 5.41) is 15.2. The largest absolute Gasteiger partial charge is 0.387 e. The lowest BCUT2D eigenvalue weighted by molar-refractivity contribution is 0.0664. The molecule has 0 saturated carbocycles. The Bertz CT molecular complexity index is 705. The highest BCUT2D eigenvalue weighted by Crippen LogP contribution is 2.30. The number of nitrogens with one attached hydrogen (secondary N) is 1. The highest BCUT2D eigenvalue weighted by molar-refractivity contribution is 7.10. The SMILES string of the molecule is CNc1nc(C)cc(C(=O)N2CCCC2CC(O)c2cccs2)n1. The van der Waals surface area contributed by atoms with Crippen molar-refractivity contribution in [3.05, 3.63) is 39.8 Å². The van der Waals surface area contributed by atoms with Gasteiger partial charge in [-0.15, -0.1) is 11.3 Å². The summed E-state index contributed by atoms with van der Waals surface area (Å²) < 4.78 is 0. The van der Waals surface area contributed by atoms with Crippen LogP contribution in [0.1, 0.15) is 46.4 Å². The predicted molar refractivity (Wildman–Crippen MR) is 94.3 cm³/mol. The molecule has 128 valence electrons. The van der Waals surface area contributed by atoms with E-state index in [2.05, 4.69) is 15.3 Å². The number of rotatable bonds is 5. The van der Waals surface area contributed by atoms with Crippen LogP contribution in [0.2, 0.25) is 0 Å². The molecule has 0 bridgehead atoms. The molecule has 3 heterocycles. The van der Waals surface area contributed by atoms with Gasteiger partial charge in [0.15, 0.2) is 0 Å². The molecule has 24 heavy (non-hydrogen) atoms. The van der Waals surface area contributed by atoms with Crippen LogP contribution in [-0.2, 0) is 0 Å². The van der Waals surface area contributed by atoms with Gasteiger partial charge in [0.05, 0.1) is 6.10 Å². The van der Waals surface area contributed by atoms with Crippen LogP contribution in [-0.4, -0.2) is 45.5 Å². The zero-order valence-corrected chi connectivity index (χ0v) is 14.7. The van der Waals surface area contributed by atoms with Gasteiger partial charge >= 0.3 is 0 Å². The van der Waals surface area contributed by atoms with Gasteiger partial charge in [0.25, 0.3) is 5.91 Å². The summed E-state index contributed by atoms with van der Waals surface area (Å²) in [6.45, 7) is 2.56. The Morgan fingerprint density at radius 1 is 1.54 bits per heavy atom. The van der Waals surface area contributed by atoms with E-state index in [0.717, 1.165) is 23.4 Å². The number of anilines is 1. The Labute approximate surface area is 145 Å². The van der Waals surface area contributed by atoms with E-state index in [9.17, 15) is 9.90 Å². The van der Waals surface area contributed by atoms with Gasteiger partial charge in [0, 0.05) is 30.2 Å². The number of nitrogens with zero attached hydrogens (tertiary/aromatic N) is 3. The number of aliphatic hydroxyl groups excluding tert-OH is 1. The second-order valence-electron chi connectivity index (χ2n) is 6.03. The van der Waals surface area contributed by atoms with Crippen molar-refractivity contribution in [2.45, 2.75) is 38.3 Å². The lowest BCUT2D eigenvalue weighted by Crippen LogP contribution is -2.37. The summed E-state index contributed by atoms with van der Waals surface area (Å²) in [4.78, 5) is 24.2. The fourth-order valence-electron chi connectivity index (χ4n) is 3.14. The Morgan fingerprint density at radius 2 is 2.38 bits per heavy atom. The molecule has 0 aliphatic carbocycles. The van der Waals surface area contributed by atoms with Crippen molar-refractivity contribution in [2.24, 2.45) is 0 Å². The quantitative estimate of drug-likeness (QED) is 0.870. The van der Waals surface area contributed by atoms with E-state index in [1.807, 2.05) is 29.3 Å². The van der Waals surface area contributed by atoms with Crippen LogP contribution in [0.15, 0.2) is 23.6 Å². The van der Waals surface area contributed by atoms with E-state index in [0.29, 0.717) is 24.6 Å². The summed E-state index contributed by atoms with van der Waals surface area (Å²) in [5.74, 6) is 0.366. The van der Waals surface area contributed by atoms with E-state index in [1.54, 1.807) is 24.5 Å². The average molecular weight is 346 g/mol. The highest BCUT2D eigenvalue weighted by Gasteiger charge is 2.32. The van der Waals surface area contributed by atoms with E-state index >= 15 is 0 Å². The number of hydrogen-bond donors (Lipinski definition) is 2. The normalized spacial score (nSPS) is 18.6. The van der Waals surface area contributed by atoms with Crippen LogP contribution < -0.4 is 5.32 Å². The third-order valence-electron chi connectivity index (χ3n) is 4.30. The first kappa shape index (κ1) is 16.9. The molecule has 1 aliphatic heterocycles. The minimum atomic E-state index is -0.525. The van der Waals surface area contributed by atoms with Crippen molar-refractivity contribution in [1.82, 2.24) is 14.9 Å². The summed E-state index contributed by atoms with van der Waals surface area (Å²) in [5.41, 5.74) is 1.16. The van der Waals surface area contributed by atoms with Crippen LogP contribution in [0.4, 0.5) is 5.95 Å². The molecule has 1 amide bonds. The van der Waals surface area contributed by atoms with Crippen molar-refractivity contribution >= 4 is 23.2 Å². The van der Waals surface area contributed by atoms with Gasteiger partial charge in [0.1, 0.15) is 5.69 Å². The summed E-state index contributed by atoms with van der Waals surface area (Å²) in [6.07, 6.45) is 1.91. The number of likely N-dealkylation sites (tertiary alicyclic amines) is 1. The molecule has 0 aromatic carbocycles. The van der Waals surface area contributed by atoms with E-state index in [4.69, 9.17) is 0 Å². The zero-order valence-electron chi connectivity index (χ0n) is 13.9. The van der Waals surface area contributed by atoms with E-state index < -0.39 is 6.10 Å². The van der Waals surface area contributed by atoms with Gasteiger partial charge < -0.3 is 15.3 Å². The summed E-state index contributed by atoms with van der Waals surface area (Å²) in [6, 6.07) is 5.63. The molecule has 1 fully saturated rings. The maximum absolute atomic E-state index is 12.9. The number of carbonyl (C=O) groups excluding carboxylic acids is 1. The molecule has 0 radical (unpaired) electrons. The molecule has 1 aliphatic rings. The van der Waals surface area contributed by atoms with Crippen molar-refractivity contribution < 1.29 is 9.90 Å². The Kier molecular flexibility index (Phi) is 5.11. The summed E-state index contributed by atoms with van der Waals surface area (Å²) >= 11 is 1.54. The topological polar surface area (TPSA) is 78.4 Å². The first-order valence-corrected chi connectivity index (χ1v) is 9.02. The molecule has 2 atom stereocenters. The van der Waals surface area contributed by atoms with Crippen LogP contribution in [0.3, 0.4) is 0 Å². The van der Waals surface area contributed by atoms with E-state index in [-0.39, 0.29) is 11.9 Å². The maximum Gasteiger partial charge on any atom is 0.272 e. The average Bonchev–Trinajstić information content (AvgIpc) is 3.25. The van der Waals surface area contributed by atoms with Crippen molar-refractivity contribution in [3.63, 3.8) is 0 Å². The third kappa shape index (κ3) is 3.57. The van der Waals surface area contributed by atoms with Gasteiger partial charge in [0.2, 0.25) is 5.95 Å². The number of thiophene rings is 1. The molecule has 3 rings (SSSR count). The lowest BCUT2D eigenvalue weighted by Gasteiger charge is -2.26. The molecular weight excluding hydrogens is 324 g/mol. The third-order valence-corrected chi connectivity index (χ3v) is 5.28. The first-order chi connectivity index (χ1) is 11.6. The second kappa shape index (κ2) is 7.27. The standard InChI is InChI=1S/C17H22N4O2S/c1-11-9-13(20-17(18-2)19-11)16(23)21-7-3-5-12(21)10-14(22)15-6-4-8-24-15/h4,6,8-9,12,14,22H,3,5,7,10H2,1-2H3,(H,18,19,20). The van der Waals surface area contributed by atoms with Gasteiger partial charge in [-0.05, 0) is 43.7 Å². The Balaban J connectivity index is 1.75. The lowest BCUT2D eigenvalue weighted by atomic mass is 10.1. The fourth-order valence-corrected chi connectivity index (χ4v) is 3.86. The molecule has 7 heteroatoms. The van der Waals surface area contributed by atoms with Crippen LogP contribution in [0, 0.1) is 6.92 Å². The van der Waals surface area contributed by atoms with Crippen molar-refractivity contribution in [2.75, 3.05) is 18.9 Å². The van der Waals surface area contributed by atoms with Gasteiger partial charge in [-0.3, -0.25) is 4.79 Å². The number of carbonyl (C=O) groups is 1. The number of aryl methyl sites for hydroxylation is 1. The minimum Gasteiger partial charge on any atom is -0.387 e. The molecule has 0 spiro atoms. The minimum absolute atomic E-state index is 0.0444. The van der Waals surface area contributed by atoms with Gasteiger partial charge in [-0.1, -0.05) is 6.07 Å². The molecule has 2 aromatic rings. The van der Waals surface area contributed by atoms with Crippen LogP contribution in [0.5, 0.6) is 0 Å². The number of hydrogen-bond acceptors (Lipinski definition) is 6. The molecule has 2 N–H and O–H groups in total. The Hall–Kier alpha value is -1.99. The molecule has 2 unspecified atom stereocenters. The van der Waals surface area contributed by atoms with Crippen LogP contribution >= 0.6 is 11.3 Å². The number of aromatic nitrogens is 2. The monoisotopic (exact) mass is 346 g/mol. The number of aliphatic hydroxyl groups is 1. The second-order valence-corrected chi connectivity index (χ2v) is 7.01. The molecule has 6 nitrogen and oxygen atoms in total. The molecule has 2 aromatic heterocycles. The predicted octanol–water partition coefficient (Wildman–Crippen LogP) is 2.62. The fraction of sp³-hybridized carbons (Fsp3) is 0.471. The van der Waals surface area contributed by atoms with Gasteiger partial charge in [-0.25, -0.2) is 9.97 Å². The molecular formula is C17H22N4O2S.